The SMILES string of the molecule is COc1ccc(C(=O)Nc2ccn3c2CSC3c2cccnc2)cc1. The number of aromatic nitrogens is 2. The molecule has 4 rings (SSSR count). The van der Waals surface area contributed by atoms with Crippen molar-refractivity contribution >= 4 is 23.4 Å². The normalized spacial score (nSPS) is 15.6. The van der Waals surface area contributed by atoms with Gasteiger partial charge >= 0.3 is 0 Å². The molecule has 2 aromatic heterocycles. The highest BCUT2D eigenvalue weighted by Gasteiger charge is 2.26. The van der Waals surface area contributed by atoms with Gasteiger partial charge in [-0.25, -0.2) is 0 Å². The molecule has 0 fully saturated rings. The average molecular weight is 351 g/mol. The summed E-state index contributed by atoms with van der Waals surface area (Å²) in [4.78, 5) is 16.7. The first-order valence-electron chi connectivity index (χ1n) is 7.93. The van der Waals surface area contributed by atoms with Crippen molar-refractivity contribution in [1.29, 1.82) is 0 Å². The van der Waals surface area contributed by atoms with Crippen molar-refractivity contribution in [3.63, 3.8) is 0 Å². The number of ether oxygens (including phenoxy) is 1. The third kappa shape index (κ3) is 3.00. The molecule has 1 aliphatic heterocycles. The van der Waals surface area contributed by atoms with Crippen LogP contribution in [0.15, 0.2) is 61.1 Å². The summed E-state index contributed by atoms with van der Waals surface area (Å²) in [6.45, 7) is 0. The van der Waals surface area contributed by atoms with Crippen molar-refractivity contribution in [2.24, 2.45) is 0 Å². The van der Waals surface area contributed by atoms with Crippen LogP contribution in [-0.4, -0.2) is 22.6 Å². The van der Waals surface area contributed by atoms with Gasteiger partial charge in [-0.2, -0.15) is 0 Å². The number of rotatable bonds is 4. The second-order valence-electron chi connectivity index (χ2n) is 5.72. The number of anilines is 1. The standard InChI is InChI=1S/C19H17N3O2S/c1-24-15-6-4-13(5-7-15)18(23)21-16-8-10-22-17(16)12-25-19(22)14-3-2-9-20-11-14/h2-11,19H,12H2,1H3,(H,21,23). The summed E-state index contributed by atoms with van der Waals surface area (Å²) in [5.74, 6) is 1.47. The number of benzene rings is 1. The van der Waals surface area contributed by atoms with Crippen molar-refractivity contribution in [1.82, 2.24) is 9.55 Å². The van der Waals surface area contributed by atoms with E-state index in [0.717, 1.165) is 28.4 Å². The van der Waals surface area contributed by atoms with Crippen LogP contribution < -0.4 is 10.1 Å². The number of hydrogen-bond donors (Lipinski definition) is 1. The number of methoxy groups -OCH3 is 1. The Morgan fingerprint density at radius 1 is 1.28 bits per heavy atom. The molecule has 3 aromatic rings. The van der Waals surface area contributed by atoms with E-state index >= 15 is 0 Å². The van der Waals surface area contributed by atoms with Crippen molar-refractivity contribution < 1.29 is 9.53 Å². The zero-order chi connectivity index (χ0) is 17.2. The Kier molecular flexibility index (Phi) is 4.19. The largest absolute Gasteiger partial charge is 0.497 e. The van der Waals surface area contributed by atoms with Gasteiger partial charge < -0.3 is 14.6 Å². The van der Waals surface area contributed by atoms with E-state index < -0.39 is 0 Å². The number of carbonyl (C=O) groups excluding carboxylic acids is 1. The van der Waals surface area contributed by atoms with E-state index in [0.29, 0.717) is 5.56 Å². The maximum atomic E-state index is 12.5. The van der Waals surface area contributed by atoms with Crippen LogP contribution >= 0.6 is 11.8 Å². The molecule has 0 bridgehead atoms. The van der Waals surface area contributed by atoms with E-state index in [9.17, 15) is 4.79 Å². The Labute approximate surface area is 150 Å². The fourth-order valence-corrected chi connectivity index (χ4v) is 4.23. The molecule has 0 saturated heterocycles. The lowest BCUT2D eigenvalue weighted by atomic mass is 10.2. The number of pyridine rings is 1. The summed E-state index contributed by atoms with van der Waals surface area (Å²) in [6.07, 6.45) is 5.69. The molecule has 6 heteroatoms. The predicted octanol–water partition coefficient (Wildman–Crippen LogP) is 3.94. The number of hydrogen-bond acceptors (Lipinski definition) is 4. The Bertz CT molecular complexity index is 891. The lowest BCUT2D eigenvalue weighted by molar-refractivity contribution is 0.102. The summed E-state index contributed by atoms with van der Waals surface area (Å²) in [5, 5.41) is 3.22. The maximum absolute atomic E-state index is 12.5. The first-order chi connectivity index (χ1) is 12.3. The highest BCUT2D eigenvalue weighted by Crippen LogP contribution is 2.43. The zero-order valence-corrected chi connectivity index (χ0v) is 14.5. The monoisotopic (exact) mass is 351 g/mol. The van der Waals surface area contributed by atoms with Gasteiger partial charge in [0.2, 0.25) is 0 Å². The fraction of sp³-hybridized carbons (Fsp3) is 0.158. The topological polar surface area (TPSA) is 56.1 Å². The smallest absolute Gasteiger partial charge is 0.255 e. The second-order valence-corrected chi connectivity index (χ2v) is 6.78. The van der Waals surface area contributed by atoms with Gasteiger partial charge in [0.05, 0.1) is 18.5 Å². The molecule has 1 aromatic carbocycles. The third-order valence-corrected chi connectivity index (χ3v) is 5.48. The van der Waals surface area contributed by atoms with Crippen LogP contribution in [0.3, 0.4) is 0 Å². The molecule has 0 saturated carbocycles. The highest BCUT2D eigenvalue weighted by atomic mass is 32.2. The highest BCUT2D eigenvalue weighted by molar-refractivity contribution is 7.99. The minimum absolute atomic E-state index is 0.119. The number of carbonyl (C=O) groups is 1. The molecule has 0 aliphatic carbocycles. The number of fused-ring (bicyclic) bond motifs is 1. The molecule has 1 aliphatic rings. The molecule has 1 unspecified atom stereocenters. The van der Waals surface area contributed by atoms with Crippen LogP contribution in [0.2, 0.25) is 0 Å². The maximum Gasteiger partial charge on any atom is 0.255 e. The first kappa shape index (κ1) is 15.8. The Hall–Kier alpha value is -2.73. The first-order valence-corrected chi connectivity index (χ1v) is 8.98. The average Bonchev–Trinajstić information content (AvgIpc) is 3.25. The molecule has 1 atom stereocenters. The summed E-state index contributed by atoms with van der Waals surface area (Å²) in [7, 11) is 1.61. The van der Waals surface area contributed by atoms with Gasteiger partial charge in [0, 0.05) is 35.5 Å². The van der Waals surface area contributed by atoms with Crippen LogP contribution in [0.4, 0.5) is 5.69 Å². The quantitative estimate of drug-likeness (QED) is 0.774. The van der Waals surface area contributed by atoms with Crippen LogP contribution in [0.1, 0.15) is 27.0 Å². The molecule has 1 amide bonds. The lowest BCUT2D eigenvalue weighted by Crippen LogP contribution is -2.12. The number of thioether (sulfide) groups is 1. The van der Waals surface area contributed by atoms with E-state index in [2.05, 4.69) is 20.9 Å². The summed E-state index contributed by atoms with van der Waals surface area (Å²) < 4.78 is 7.33. The number of nitrogens with one attached hydrogen (secondary N) is 1. The van der Waals surface area contributed by atoms with E-state index in [1.807, 2.05) is 36.3 Å². The van der Waals surface area contributed by atoms with Gasteiger partial charge in [0.25, 0.3) is 5.91 Å². The molecular formula is C19H17N3O2S. The van der Waals surface area contributed by atoms with Gasteiger partial charge in [0.1, 0.15) is 11.1 Å². The molecule has 1 N–H and O–H groups in total. The minimum Gasteiger partial charge on any atom is -0.497 e. The Morgan fingerprint density at radius 3 is 2.84 bits per heavy atom. The Balaban J connectivity index is 1.54. The zero-order valence-electron chi connectivity index (χ0n) is 13.7. The second kappa shape index (κ2) is 6.64. The van der Waals surface area contributed by atoms with Gasteiger partial charge in [0.15, 0.2) is 0 Å². The summed E-state index contributed by atoms with van der Waals surface area (Å²) in [6, 6.07) is 13.1. The van der Waals surface area contributed by atoms with Gasteiger partial charge in [-0.3, -0.25) is 9.78 Å². The van der Waals surface area contributed by atoms with E-state index in [1.165, 1.54) is 0 Å². The van der Waals surface area contributed by atoms with Crippen molar-refractivity contribution in [2.75, 3.05) is 12.4 Å². The lowest BCUT2D eigenvalue weighted by Gasteiger charge is -2.12. The van der Waals surface area contributed by atoms with Gasteiger partial charge in [-0.1, -0.05) is 6.07 Å². The molecule has 126 valence electrons. The van der Waals surface area contributed by atoms with Crippen molar-refractivity contribution in [2.45, 2.75) is 11.1 Å². The Morgan fingerprint density at radius 2 is 2.12 bits per heavy atom. The fourth-order valence-electron chi connectivity index (χ4n) is 2.92. The third-order valence-electron chi connectivity index (χ3n) is 4.22. The van der Waals surface area contributed by atoms with E-state index in [1.54, 1.807) is 37.6 Å². The van der Waals surface area contributed by atoms with Gasteiger partial charge in [-0.15, -0.1) is 11.8 Å². The molecule has 25 heavy (non-hydrogen) atoms. The summed E-state index contributed by atoms with van der Waals surface area (Å²) in [5.41, 5.74) is 3.76. The van der Waals surface area contributed by atoms with Gasteiger partial charge in [-0.05, 0) is 36.4 Å². The van der Waals surface area contributed by atoms with E-state index in [4.69, 9.17) is 4.74 Å². The minimum atomic E-state index is -0.119. The molecule has 0 spiro atoms. The van der Waals surface area contributed by atoms with Crippen LogP contribution in [0.25, 0.3) is 0 Å². The number of nitrogens with zero attached hydrogens (tertiary/aromatic N) is 2. The molecule has 3 heterocycles. The number of amides is 1. The predicted molar refractivity (Wildman–Crippen MR) is 99.1 cm³/mol. The molecular weight excluding hydrogens is 334 g/mol. The van der Waals surface area contributed by atoms with Crippen LogP contribution in [0, 0.1) is 0 Å². The van der Waals surface area contributed by atoms with Crippen molar-refractivity contribution in [3.8, 4) is 5.75 Å². The van der Waals surface area contributed by atoms with Crippen molar-refractivity contribution in [3.05, 3.63) is 77.9 Å². The van der Waals surface area contributed by atoms with E-state index in [-0.39, 0.29) is 11.3 Å². The molecule has 5 nitrogen and oxygen atoms in total. The summed E-state index contributed by atoms with van der Waals surface area (Å²) >= 11 is 1.83. The van der Waals surface area contributed by atoms with Crippen LogP contribution in [0.5, 0.6) is 5.75 Å². The molecule has 0 radical (unpaired) electrons. The van der Waals surface area contributed by atoms with Crippen LogP contribution in [-0.2, 0) is 5.75 Å².